The van der Waals surface area contributed by atoms with Crippen molar-refractivity contribution >= 4 is 34.2 Å². The van der Waals surface area contributed by atoms with Gasteiger partial charge in [0.25, 0.3) is 0 Å². The highest BCUT2D eigenvalue weighted by atomic mass is 127. The number of nitrogens with two attached hydrogens (primary N) is 1. The summed E-state index contributed by atoms with van der Waals surface area (Å²) in [5.74, 6) is -0.962. The molecule has 0 aliphatic carbocycles. The Morgan fingerprint density at radius 3 is 2.57 bits per heavy atom. The van der Waals surface area contributed by atoms with E-state index >= 15 is 0 Å². The molecule has 0 saturated carbocycles. The Morgan fingerprint density at radius 2 is 2.14 bits per heavy atom. The first-order chi connectivity index (χ1) is 6.60. The number of hydrogen-bond acceptors (Lipinski definition) is 2. The summed E-state index contributed by atoms with van der Waals surface area (Å²) in [5, 5.41) is 8.87. The molecule has 3 nitrogen and oxygen atoms in total. The van der Waals surface area contributed by atoms with Crippen molar-refractivity contribution in [1.29, 1.82) is 0 Å². The third-order valence-electron chi connectivity index (χ3n) is 2.13. The van der Waals surface area contributed by atoms with Crippen LogP contribution in [-0.4, -0.2) is 11.1 Å². The van der Waals surface area contributed by atoms with E-state index in [1.54, 1.807) is 12.1 Å². The fourth-order valence-electron chi connectivity index (χ4n) is 1.35. The summed E-state index contributed by atoms with van der Waals surface area (Å²) in [4.78, 5) is 10.8. The zero-order chi connectivity index (χ0) is 10.7. The maximum Gasteiger partial charge on any atom is 0.337 e. The summed E-state index contributed by atoms with van der Waals surface area (Å²) in [5.41, 5.74) is 8.37. The average molecular weight is 305 g/mol. The molecule has 0 aliphatic heterocycles. The van der Waals surface area contributed by atoms with Gasteiger partial charge in [-0.25, -0.2) is 4.79 Å². The first-order valence-corrected chi connectivity index (χ1v) is 5.83. The Hall–Kier alpha value is -0.780. The normalized spacial score (nSPS) is 10.1. The number of benzene rings is 1. The van der Waals surface area contributed by atoms with E-state index in [0.29, 0.717) is 5.69 Å². The summed E-state index contributed by atoms with van der Waals surface area (Å²) in [6, 6.07) is 3.43. The van der Waals surface area contributed by atoms with Gasteiger partial charge >= 0.3 is 5.97 Å². The van der Waals surface area contributed by atoms with Crippen LogP contribution in [-0.2, 0) is 10.8 Å². The third-order valence-corrected chi connectivity index (χ3v) is 2.95. The Balaban J connectivity index is 3.30. The number of carboxylic acids is 1. The molecule has 0 amide bonds. The van der Waals surface area contributed by atoms with Gasteiger partial charge in [-0.3, -0.25) is 0 Å². The molecule has 0 radical (unpaired) electrons. The van der Waals surface area contributed by atoms with Crippen molar-refractivity contribution < 1.29 is 9.90 Å². The van der Waals surface area contributed by atoms with Crippen molar-refractivity contribution in [3.8, 4) is 0 Å². The first-order valence-electron chi connectivity index (χ1n) is 4.30. The van der Waals surface area contributed by atoms with Gasteiger partial charge in [-0.2, -0.15) is 0 Å². The second-order valence-corrected chi connectivity index (χ2v) is 3.76. The molecule has 0 unspecified atom stereocenters. The number of halogens is 1. The Bertz CT molecular complexity index is 363. The van der Waals surface area contributed by atoms with E-state index in [1.807, 2.05) is 6.92 Å². The summed E-state index contributed by atoms with van der Waals surface area (Å²) in [7, 11) is 0. The van der Waals surface area contributed by atoms with Crippen molar-refractivity contribution in [2.45, 2.75) is 17.8 Å². The lowest BCUT2D eigenvalue weighted by atomic mass is 10.0. The molecule has 0 atom stereocenters. The number of aryl methyl sites for hydroxylation is 1. The lowest BCUT2D eigenvalue weighted by Gasteiger charge is -2.08. The minimum atomic E-state index is -0.962. The van der Waals surface area contributed by atoms with Gasteiger partial charge in [0.15, 0.2) is 0 Å². The highest BCUT2D eigenvalue weighted by Crippen LogP contribution is 2.21. The Morgan fingerprint density at radius 1 is 1.50 bits per heavy atom. The predicted octanol–water partition coefficient (Wildman–Crippen LogP) is 2.46. The van der Waals surface area contributed by atoms with E-state index < -0.39 is 5.97 Å². The molecule has 3 N–H and O–H groups in total. The molecule has 0 fully saturated rings. The van der Waals surface area contributed by atoms with Crippen LogP contribution >= 0.6 is 22.6 Å². The highest BCUT2D eigenvalue weighted by molar-refractivity contribution is 14.1. The van der Waals surface area contributed by atoms with E-state index in [0.717, 1.165) is 22.0 Å². The van der Waals surface area contributed by atoms with E-state index in [1.165, 1.54) is 0 Å². The number of aromatic carboxylic acids is 1. The van der Waals surface area contributed by atoms with Crippen molar-refractivity contribution in [3.05, 3.63) is 28.8 Å². The number of carboxylic acid groups (broad SMARTS) is 1. The molecular weight excluding hydrogens is 293 g/mol. The minimum Gasteiger partial charge on any atom is -0.478 e. The number of carbonyl (C=O) groups is 1. The molecule has 1 aromatic rings. The Labute approximate surface area is 96.4 Å². The van der Waals surface area contributed by atoms with Crippen LogP contribution < -0.4 is 5.73 Å². The average Bonchev–Trinajstić information content (AvgIpc) is 2.16. The van der Waals surface area contributed by atoms with Gasteiger partial charge in [0.2, 0.25) is 0 Å². The molecule has 0 spiro atoms. The lowest BCUT2D eigenvalue weighted by Crippen LogP contribution is -2.05. The van der Waals surface area contributed by atoms with Gasteiger partial charge in [0.05, 0.1) is 5.56 Å². The van der Waals surface area contributed by atoms with Crippen LogP contribution in [0.15, 0.2) is 12.1 Å². The third kappa shape index (κ3) is 2.17. The molecule has 76 valence electrons. The maximum absolute atomic E-state index is 10.8. The van der Waals surface area contributed by atoms with Gasteiger partial charge in [0.1, 0.15) is 0 Å². The molecule has 0 aliphatic rings. The monoisotopic (exact) mass is 305 g/mol. The zero-order valence-corrected chi connectivity index (χ0v) is 10.0. The second-order valence-electron chi connectivity index (χ2n) is 3.00. The fourth-order valence-corrected chi connectivity index (χ4v) is 2.06. The topological polar surface area (TPSA) is 63.3 Å². The largest absolute Gasteiger partial charge is 0.478 e. The van der Waals surface area contributed by atoms with Crippen LogP contribution in [0.4, 0.5) is 5.69 Å². The first kappa shape index (κ1) is 11.3. The molecule has 1 aromatic carbocycles. The summed E-state index contributed by atoms with van der Waals surface area (Å²) in [6.45, 7) is 2.03. The molecule has 4 heteroatoms. The molecule has 14 heavy (non-hydrogen) atoms. The van der Waals surface area contributed by atoms with Crippen LogP contribution in [0.1, 0.15) is 28.4 Å². The zero-order valence-electron chi connectivity index (χ0n) is 7.88. The fraction of sp³-hybridized carbons (Fsp3) is 0.300. The van der Waals surface area contributed by atoms with Crippen LogP contribution in [0.2, 0.25) is 0 Å². The number of nitrogen functional groups attached to an aromatic ring is 1. The van der Waals surface area contributed by atoms with Crippen molar-refractivity contribution in [2.75, 3.05) is 5.73 Å². The SMILES string of the molecule is CCc1cc(N)c(C(=O)O)cc1CI. The molecule has 1 rings (SSSR count). The number of alkyl halides is 1. The van der Waals surface area contributed by atoms with E-state index in [2.05, 4.69) is 22.6 Å². The van der Waals surface area contributed by atoms with Gasteiger partial charge in [-0.15, -0.1) is 0 Å². The summed E-state index contributed by atoms with van der Waals surface area (Å²) < 4.78 is 0.807. The van der Waals surface area contributed by atoms with Gasteiger partial charge in [0, 0.05) is 10.1 Å². The quantitative estimate of drug-likeness (QED) is 0.512. The van der Waals surface area contributed by atoms with E-state index in [4.69, 9.17) is 10.8 Å². The van der Waals surface area contributed by atoms with Gasteiger partial charge < -0.3 is 10.8 Å². The number of hydrogen-bond donors (Lipinski definition) is 2. The van der Waals surface area contributed by atoms with Crippen LogP contribution in [0.5, 0.6) is 0 Å². The summed E-state index contributed by atoms with van der Waals surface area (Å²) >= 11 is 2.22. The smallest absolute Gasteiger partial charge is 0.337 e. The van der Waals surface area contributed by atoms with Crippen molar-refractivity contribution in [3.63, 3.8) is 0 Å². The van der Waals surface area contributed by atoms with Crippen molar-refractivity contribution in [2.24, 2.45) is 0 Å². The van der Waals surface area contributed by atoms with E-state index in [9.17, 15) is 4.79 Å². The highest BCUT2D eigenvalue weighted by Gasteiger charge is 2.11. The van der Waals surface area contributed by atoms with Gasteiger partial charge in [-0.1, -0.05) is 29.5 Å². The number of rotatable bonds is 3. The van der Waals surface area contributed by atoms with Crippen molar-refractivity contribution in [1.82, 2.24) is 0 Å². The molecule has 0 saturated heterocycles. The molecule has 0 heterocycles. The van der Waals surface area contributed by atoms with Gasteiger partial charge in [-0.05, 0) is 29.7 Å². The van der Waals surface area contributed by atoms with E-state index in [-0.39, 0.29) is 5.56 Å². The summed E-state index contributed by atoms with van der Waals surface area (Å²) in [6.07, 6.45) is 0.877. The van der Waals surface area contributed by atoms with Crippen LogP contribution in [0.25, 0.3) is 0 Å². The van der Waals surface area contributed by atoms with Crippen LogP contribution in [0, 0.1) is 0 Å². The minimum absolute atomic E-state index is 0.203. The standard InChI is InChI=1S/C10H12INO2/c1-2-6-4-9(12)8(10(13)14)3-7(6)5-11/h3-4H,2,5,12H2,1H3,(H,13,14). The Kier molecular flexibility index (Phi) is 3.74. The molecule has 0 aromatic heterocycles. The lowest BCUT2D eigenvalue weighted by molar-refractivity contribution is 0.0698. The molecular formula is C10H12INO2. The molecule has 0 bridgehead atoms. The number of anilines is 1. The van der Waals surface area contributed by atoms with Crippen LogP contribution in [0.3, 0.4) is 0 Å². The second kappa shape index (κ2) is 4.63. The predicted molar refractivity (Wildman–Crippen MR) is 64.9 cm³/mol. The maximum atomic E-state index is 10.8.